The minimum absolute atomic E-state index is 0.0424. The van der Waals surface area contributed by atoms with Gasteiger partial charge < -0.3 is 0 Å². The lowest BCUT2D eigenvalue weighted by Crippen LogP contribution is -2.55. The topological polar surface area (TPSA) is 41.9 Å². The van der Waals surface area contributed by atoms with Crippen LogP contribution in [0.5, 0.6) is 0 Å². The van der Waals surface area contributed by atoms with Crippen LogP contribution < -0.4 is 21.3 Å². The molecule has 0 spiro atoms. The maximum Gasteiger partial charge on any atom is 0.242 e. The van der Waals surface area contributed by atoms with Gasteiger partial charge in [0.05, 0.1) is 5.69 Å². The Morgan fingerprint density at radius 1 is 0.417 bits per heavy atom. The third-order valence-electron chi connectivity index (χ3n) is 11.6. The molecule has 0 atom stereocenters. The zero-order valence-corrected chi connectivity index (χ0v) is 35.1. The maximum atomic E-state index is 5.32. The SMILES string of the molecule is Cc1cc(C)c(B(c2ccc(N(c3nc(-c4ccccc4)nc(-c4ccccc4)n3)c3ccc4ccccc4c3-c3ccccc3)cc2)c2c(C)cc(C)cc2C)c(C)c1. The van der Waals surface area contributed by atoms with E-state index in [0.29, 0.717) is 17.6 Å². The van der Waals surface area contributed by atoms with E-state index in [1.54, 1.807) is 0 Å². The summed E-state index contributed by atoms with van der Waals surface area (Å²) in [7, 11) is 0. The van der Waals surface area contributed by atoms with Gasteiger partial charge in [-0.2, -0.15) is 9.97 Å². The molecule has 0 N–H and O–H groups in total. The van der Waals surface area contributed by atoms with E-state index in [1.165, 1.54) is 49.8 Å². The van der Waals surface area contributed by atoms with Crippen molar-refractivity contribution in [2.45, 2.75) is 41.5 Å². The number of fused-ring (bicyclic) bond motifs is 1. The van der Waals surface area contributed by atoms with E-state index in [9.17, 15) is 0 Å². The van der Waals surface area contributed by atoms with Crippen LogP contribution in [0.4, 0.5) is 17.3 Å². The zero-order valence-electron chi connectivity index (χ0n) is 35.1. The molecule has 8 aromatic carbocycles. The normalized spacial score (nSPS) is 11.2. The fourth-order valence-corrected chi connectivity index (χ4v) is 9.20. The molecule has 9 aromatic rings. The van der Waals surface area contributed by atoms with E-state index in [0.717, 1.165) is 44.4 Å². The smallest absolute Gasteiger partial charge is 0.242 e. The molecule has 290 valence electrons. The van der Waals surface area contributed by atoms with Gasteiger partial charge in [-0.05, 0) is 76.1 Å². The van der Waals surface area contributed by atoms with Crippen LogP contribution in [0.15, 0.2) is 176 Å². The highest BCUT2D eigenvalue weighted by atomic mass is 15.3. The average Bonchev–Trinajstić information content (AvgIpc) is 3.26. The molecule has 0 amide bonds. The highest BCUT2D eigenvalue weighted by Gasteiger charge is 2.30. The van der Waals surface area contributed by atoms with Gasteiger partial charge in [-0.1, -0.05) is 207 Å². The van der Waals surface area contributed by atoms with Gasteiger partial charge >= 0.3 is 0 Å². The number of benzene rings is 8. The molecule has 9 rings (SSSR count). The van der Waals surface area contributed by atoms with Gasteiger partial charge in [0.2, 0.25) is 12.7 Å². The van der Waals surface area contributed by atoms with E-state index < -0.39 is 0 Å². The van der Waals surface area contributed by atoms with Crippen molar-refractivity contribution in [3.05, 3.63) is 209 Å². The van der Waals surface area contributed by atoms with Crippen LogP contribution in [0, 0.1) is 41.5 Å². The quantitative estimate of drug-likeness (QED) is 0.137. The summed E-state index contributed by atoms with van der Waals surface area (Å²) in [5, 5.41) is 2.32. The van der Waals surface area contributed by atoms with Crippen molar-refractivity contribution in [3.63, 3.8) is 0 Å². The van der Waals surface area contributed by atoms with Crippen LogP contribution in [0.3, 0.4) is 0 Å². The van der Waals surface area contributed by atoms with E-state index >= 15 is 0 Å². The molecule has 1 heterocycles. The lowest BCUT2D eigenvalue weighted by Gasteiger charge is -2.28. The molecular formula is C55H47BN4. The second-order valence-corrected chi connectivity index (χ2v) is 16.0. The van der Waals surface area contributed by atoms with Gasteiger partial charge in [-0.3, -0.25) is 4.90 Å². The van der Waals surface area contributed by atoms with Crippen molar-refractivity contribution in [2.75, 3.05) is 4.90 Å². The Morgan fingerprint density at radius 2 is 0.867 bits per heavy atom. The molecule has 1 aromatic heterocycles. The molecule has 0 bridgehead atoms. The monoisotopic (exact) mass is 774 g/mol. The molecule has 0 aliphatic rings. The second-order valence-electron chi connectivity index (χ2n) is 16.0. The Morgan fingerprint density at radius 3 is 1.37 bits per heavy atom. The summed E-state index contributed by atoms with van der Waals surface area (Å²) < 4.78 is 0. The van der Waals surface area contributed by atoms with Crippen molar-refractivity contribution >= 4 is 51.2 Å². The summed E-state index contributed by atoms with van der Waals surface area (Å²) >= 11 is 0. The van der Waals surface area contributed by atoms with E-state index in [1.807, 2.05) is 36.4 Å². The molecule has 0 saturated carbocycles. The standard InChI is InChI=1S/C55H47BN4/c1-36-32-38(3)51(39(4)33-36)56(52-40(5)34-37(2)35-41(52)6)46-27-29-47(30-28-46)60(49-31-26-42-18-16-17-25-48(42)50(49)43-19-10-7-11-20-43)55-58-53(44-21-12-8-13-22-44)57-54(59-55)45-23-14-9-15-24-45/h7-35H,1-6H3. The van der Waals surface area contributed by atoms with Crippen molar-refractivity contribution < 1.29 is 0 Å². The molecule has 0 aliphatic carbocycles. The maximum absolute atomic E-state index is 5.32. The number of hydrogen-bond acceptors (Lipinski definition) is 4. The Labute approximate surface area is 354 Å². The highest BCUT2D eigenvalue weighted by molar-refractivity contribution is 6.96. The first-order valence-electron chi connectivity index (χ1n) is 20.7. The van der Waals surface area contributed by atoms with Gasteiger partial charge in [-0.25, -0.2) is 4.98 Å². The van der Waals surface area contributed by atoms with Gasteiger partial charge in [-0.15, -0.1) is 0 Å². The van der Waals surface area contributed by atoms with Gasteiger partial charge in [0.15, 0.2) is 11.6 Å². The van der Waals surface area contributed by atoms with Crippen LogP contribution >= 0.6 is 0 Å². The first kappa shape index (κ1) is 38.4. The number of rotatable bonds is 9. The van der Waals surface area contributed by atoms with E-state index in [4.69, 9.17) is 15.0 Å². The van der Waals surface area contributed by atoms with Gasteiger partial charge in [0, 0.05) is 22.4 Å². The Balaban J connectivity index is 1.31. The zero-order chi connectivity index (χ0) is 41.3. The minimum Gasteiger partial charge on any atom is -0.278 e. The van der Waals surface area contributed by atoms with Gasteiger partial charge in [0.25, 0.3) is 0 Å². The number of aromatic nitrogens is 3. The van der Waals surface area contributed by atoms with Crippen LogP contribution in [0.1, 0.15) is 33.4 Å². The fourth-order valence-electron chi connectivity index (χ4n) is 9.20. The first-order valence-corrected chi connectivity index (χ1v) is 20.7. The van der Waals surface area contributed by atoms with Crippen LogP contribution in [0.25, 0.3) is 44.7 Å². The first-order chi connectivity index (χ1) is 29.2. The number of anilines is 3. The molecule has 0 fully saturated rings. The minimum atomic E-state index is 0.0424. The van der Waals surface area contributed by atoms with Crippen molar-refractivity contribution in [1.29, 1.82) is 0 Å². The van der Waals surface area contributed by atoms with Crippen LogP contribution in [-0.2, 0) is 0 Å². The predicted molar refractivity (Wildman–Crippen MR) is 254 cm³/mol. The number of nitrogens with zero attached hydrogens (tertiary/aromatic N) is 4. The molecule has 4 nitrogen and oxygen atoms in total. The Hall–Kier alpha value is -7.11. The average molecular weight is 775 g/mol. The van der Waals surface area contributed by atoms with Gasteiger partial charge in [0.1, 0.15) is 0 Å². The van der Waals surface area contributed by atoms with Crippen molar-refractivity contribution in [3.8, 4) is 33.9 Å². The predicted octanol–water partition coefficient (Wildman–Crippen LogP) is 11.9. The van der Waals surface area contributed by atoms with Crippen LogP contribution in [0.2, 0.25) is 0 Å². The summed E-state index contributed by atoms with van der Waals surface area (Å²) in [6.45, 7) is 13.5. The summed E-state index contributed by atoms with van der Waals surface area (Å²) in [6, 6.07) is 62.5. The second kappa shape index (κ2) is 16.3. The largest absolute Gasteiger partial charge is 0.278 e. The number of aryl methyl sites for hydroxylation is 6. The van der Waals surface area contributed by atoms with Crippen LogP contribution in [-0.4, -0.2) is 21.7 Å². The third-order valence-corrected chi connectivity index (χ3v) is 11.6. The molecule has 0 aliphatic heterocycles. The van der Waals surface area contributed by atoms with E-state index in [-0.39, 0.29) is 6.71 Å². The third kappa shape index (κ3) is 7.40. The molecule has 60 heavy (non-hydrogen) atoms. The van der Waals surface area contributed by atoms with Crippen molar-refractivity contribution in [2.24, 2.45) is 0 Å². The summed E-state index contributed by atoms with van der Waals surface area (Å²) in [6.07, 6.45) is 0. The molecular weight excluding hydrogens is 727 g/mol. The molecule has 0 radical (unpaired) electrons. The summed E-state index contributed by atoms with van der Waals surface area (Å²) in [4.78, 5) is 17.9. The number of hydrogen-bond donors (Lipinski definition) is 0. The lowest BCUT2D eigenvalue weighted by molar-refractivity contribution is 1.02. The lowest BCUT2D eigenvalue weighted by atomic mass is 9.34. The van der Waals surface area contributed by atoms with Crippen molar-refractivity contribution in [1.82, 2.24) is 15.0 Å². The summed E-state index contributed by atoms with van der Waals surface area (Å²) in [5.41, 5.74) is 17.7. The molecule has 0 unspecified atom stereocenters. The Bertz CT molecular complexity index is 2820. The fraction of sp³-hybridized carbons (Fsp3) is 0.109. The Kier molecular flexibility index (Phi) is 10.4. The summed E-state index contributed by atoms with van der Waals surface area (Å²) in [5.74, 6) is 1.76. The highest BCUT2D eigenvalue weighted by Crippen LogP contribution is 2.43. The van der Waals surface area contributed by atoms with E-state index in [2.05, 4.69) is 186 Å². The molecule has 0 saturated heterocycles. The molecule has 5 heteroatoms.